The van der Waals surface area contributed by atoms with Gasteiger partial charge in [0.1, 0.15) is 22.9 Å². The number of aromatic nitrogens is 2. The lowest BCUT2D eigenvalue weighted by Gasteiger charge is -2.31. The molecule has 1 amide bonds. The highest BCUT2D eigenvalue weighted by Gasteiger charge is 2.30. The monoisotopic (exact) mass is 455 g/mol. The van der Waals surface area contributed by atoms with E-state index in [2.05, 4.69) is 15.3 Å². The number of hydrogen-bond acceptors (Lipinski definition) is 6. The van der Waals surface area contributed by atoms with Crippen LogP contribution in [0, 0.1) is 5.92 Å². The van der Waals surface area contributed by atoms with E-state index in [-0.39, 0.29) is 46.9 Å². The van der Waals surface area contributed by atoms with E-state index in [4.69, 9.17) is 17.3 Å². The van der Waals surface area contributed by atoms with Crippen LogP contribution in [0.1, 0.15) is 35.3 Å². The standard InChI is InChI=1S/C20H21ClF3N5O2/c21-17-18(26-11-27-19(17)25)15(30)8-12-4-6-29(7-5-12)10-16(31)28-14-3-1-2-13(9-14)20(22,23)24/h1-3,9,11-12H,4-8,10H2,(H,28,31)(H2,25,26,27). The number of Topliss-reactive ketones (excluding diaryl/α,β-unsaturated/α-hetero) is 1. The molecule has 7 nitrogen and oxygen atoms in total. The number of amides is 1. The van der Waals surface area contributed by atoms with E-state index in [1.165, 1.54) is 18.5 Å². The minimum atomic E-state index is -4.47. The molecular formula is C20H21ClF3N5O2. The smallest absolute Gasteiger partial charge is 0.382 e. The molecule has 1 saturated heterocycles. The minimum absolute atomic E-state index is 0.0520. The molecule has 3 rings (SSSR count). The number of benzene rings is 1. The van der Waals surface area contributed by atoms with Gasteiger partial charge >= 0.3 is 6.18 Å². The number of piperidine rings is 1. The fourth-order valence-electron chi connectivity index (χ4n) is 3.46. The van der Waals surface area contributed by atoms with Crippen molar-refractivity contribution in [3.8, 4) is 0 Å². The van der Waals surface area contributed by atoms with Crippen molar-refractivity contribution in [1.82, 2.24) is 14.9 Å². The molecular weight excluding hydrogens is 435 g/mol. The number of nitrogen functional groups attached to an aromatic ring is 1. The van der Waals surface area contributed by atoms with Crippen LogP contribution in [0.3, 0.4) is 0 Å². The second-order valence-corrected chi connectivity index (χ2v) is 7.77. The maximum Gasteiger partial charge on any atom is 0.416 e. The first kappa shape index (κ1) is 23.0. The maximum atomic E-state index is 12.8. The van der Waals surface area contributed by atoms with Gasteiger partial charge in [-0.2, -0.15) is 13.2 Å². The predicted molar refractivity (Wildman–Crippen MR) is 110 cm³/mol. The Labute approximate surface area is 181 Å². The Hall–Kier alpha value is -2.72. The van der Waals surface area contributed by atoms with Gasteiger partial charge in [-0.3, -0.25) is 14.5 Å². The summed E-state index contributed by atoms with van der Waals surface area (Å²) in [6.07, 6.45) is -1.62. The zero-order chi connectivity index (χ0) is 22.6. The molecule has 0 aliphatic carbocycles. The summed E-state index contributed by atoms with van der Waals surface area (Å²) < 4.78 is 38.4. The predicted octanol–water partition coefficient (Wildman–Crippen LogP) is 3.65. The van der Waals surface area contributed by atoms with Gasteiger partial charge in [0.05, 0.1) is 12.1 Å². The Morgan fingerprint density at radius 3 is 2.61 bits per heavy atom. The molecule has 0 saturated carbocycles. The van der Waals surface area contributed by atoms with Crippen LogP contribution in [-0.2, 0) is 11.0 Å². The van der Waals surface area contributed by atoms with Crippen LogP contribution < -0.4 is 11.1 Å². The van der Waals surface area contributed by atoms with Crippen molar-refractivity contribution in [3.05, 3.63) is 46.9 Å². The van der Waals surface area contributed by atoms with E-state index in [1.807, 2.05) is 4.90 Å². The Bertz CT molecular complexity index is 962. The van der Waals surface area contributed by atoms with Gasteiger partial charge in [0.25, 0.3) is 0 Å². The first-order valence-electron chi connectivity index (χ1n) is 9.62. The third kappa shape index (κ3) is 6.14. The van der Waals surface area contributed by atoms with E-state index in [1.54, 1.807) is 0 Å². The molecule has 31 heavy (non-hydrogen) atoms. The Balaban J connectivity index is 1.47. The summed E-state index contributed by atoms with van der Waals surface area (Å²) in [5.74, 6) is -0.430. The van der Waals surface area contributed by atoms with Crippen LogP contribution >= 0.6 is 11.6 Å². The van der Waals surface area contributed by atoms with E-state index in [0.717, 1.165) is 12.1 Å². The van der Waals surface area contributed by atoms with Crippen molar-refractivity contribution in [3.63, 3.8) is 0 Å². The average molecular weight is 456 g/mol. The molecule has 0 radical (unpaired) electrons. The lowest BCUT2D eigenvalue weighted by molar-refractivity contribution is -0.137. The Kier molecular flexibility index (Phi) is 7.11. The molecule has 1 fully saturated rings. The van der Waals surface area contributed by atoms with Crippen LogP contribution in [0.4, 0.5) is 24.7 Å². The van der Waals surface area contributed by atoms with Gasteiger partial charge in [0.15, 0.2) is 5.78 Å². The van der Waals surface area contributed by atoms with Gasteiger partial charge in [-0.25, -0.2) is 9.97 Å². The van der Waals surface area contributed by atoms with Gasteiger partial charge in [0, 0.05) is 12.1 Å². The number of nitrogens with zero attached hydrogens (tertiary/aromatic N) is 3. The van der Waals surface area contributed by atoms with Gasteiger partial charge in [-0.1, -0.05) is 17.7 Å². The molecule has 11 heteroatoms. The second kappa shape index (κ2) is 9.61. The number of halogens is 4. The molecule has 0 spiro atoms. The van der Waals surface area contributed by atoms with E-state index < -0.39 is 17.6 Å². The summed E-state index contributed by atoms with van der Waals surface area (Å²) in [6.45, 7) is 1.24. The molecule has 0 unspecified atom stereocenters. The van der Waals surface area contributed by atoms with Crippen LogP contribution in [0.15, 0.2) is 30.6 Å². The molecule has 0 bridgehead atoms. The van der Waals surface area contributed by atoms with Crippen molar-refractivity contribution in [2.75, 3.05) is 30.7 Å². The van der Waals surface area contributed by atoms with Gasteiger partial charge in [0.2, 0.25) is 5.91 Å². The van der Waals surface area contributed by atoms with Crippen LogP contribution in [0.2, 0.25) is 5.02 Å². The molecule has 1 aliphatic heterocycles. The lowest BCUT2D eigenvalue weighted by Crippen LogP contribution is -2.39. The van der Waals surface area contributed by atoms with Crippen LogP contribution in [0.25, 0.3) is 0 Å². The molecule has 166 valence electrons. The van der Waals surface area contributed by atoms with Crippen LogP contribution in [0.5, 0.6) is 0 Å². The summed E-state index contributed by atoms with van der Waals surface area (Å²) in [7, 11) is 0. The average Bonchev–Trinajstić information content (AvgIpc) is 2.71. The number of nitrogens with two attached hydrogens (primary N) is 1. The van der Waals surface area contributed by atoms with Crippen molar-refractivity contribution < 1.29 is 22.8 Å². The fraction of sp³-hybridized carbons (Fsp3) is 0.400. The fourth-order valence-corrected chi connectivity index (χ4v) is 3.67. The first-order chi connectivity index (χ1) is 14.6. The molecule has 1 aromatic heterocycles. The van der Waals surface area contributed by atoms with E-state index in [9.17, 15) is 22.8 Å². The quantitative estimate of drug-likeness (QED) is 0.645. The van der Waals surface area contributed by atoms with E-state index in [0.29, 0.717) is 25.9 Å². The molecule has 1 aromatic carbocycles. The lowest BCUT2D eigenvalue weighted by atomic mass is 9.91. The summed E-state index contributed by atoms with van der Waals surface area (Å²) in [4.78, 5) is 34.2. The Morgan fingerprint density at radius 2 is 1.94 bits per heavy atom. The summed E-state index contributed by atoms with van der Waals surface area (Å²) in [5, 5.41) is 2.55. The molecule has 2 heterocycles. The minimum Gasteiger partial charge on any atom is -0.382 e. The number of carbonyl (C=O) groups excluding carboxylic acids is 2. The normalized spacial score (nSPS) is 15.6. The maximum absolute atomic E-state index is 12.8. The summed E-state index contributed by atoms with van der Waals surface area (Å²) >= 11 is 6.00. The zero-order valence-electron chi connectivity index (χ0n) is 16.5. The molecule has 2 aromatic rings. The number of ketones is 1. The van der Waals surface area contributed by atoms with Crippen molar-refractivity contribution >= 4 is 34.8 Å². The number of likely N-dealkylation sites (tertiary alicyclic amines) is 1. The third-order valence-corrected chi connectivity index (χ3v) is 5.48. The van der Waals surface area contributed by atoms with Crippen molar-refractivity contribution in [2.45, 2.75) is 25.4 Å². The van der Waals surface area contributed by atoms with Gasteiger partial charge < -0.3 is 11.1 Å². The summed E-state index contributed by atoms with van der Waals surface area (Å²) in [6, 6.07) is 4.51. The first-order valence-corrected chi connectivity index (χ1v) is 10.00. The number of carbonyl (C=O) groups is 2. The largest absolute Gasteiger partial charge is 0.416 e. The zero-order valence-corrected chi connectivity index (χ0v) is 17.2. The SMILES string of the molecule is Nc1ncnc(C(=O)CC2CCN(CC(=O)Nc3cccc(C(F)(F)F)c3)CC2)c1Cl. The second-order valence-electron chi connectivity index (χ2n) is 7.40. The third-order valence-electron chi connectivity index (χ3n) is 5.10. The topological polar surface area (TPSA) is 101 Å². The molecule has 0 atom stereocenters. The highest BCUT2D eigenvalue weighted by atomic mass is 35.5. The Morgan fingerprint density at radius 1 is 1.23 bits per heavy atom. The number of hydrogen-bond donors (Lipinski definition) is 2. The van der Waals surface area contributed by atoms with Gasteiger partial charge in [-0.05, 0) is 50.0 Å². The summed E-state index contributed by atoms with van der Waals surface area (Å²) in [5.41, 5.74) is 4.99. The van der Waals surface area contributed by atoms with Crippen molar-refractivity contribution in [1.29, 1.82) is 0 Å². The number of rotatable bonds is 6. The van der Waals surface area contributed by atoms with Crippen LogP contribution in [-0.4, -0.2) is 46.2 Å². The number of anilines is 2. The molecule has 3 N–H and O–H groups in total. The van der Waals surface area contributed by atoms with E-state index >= 15 is 0 Å². The molecule has 1 aliphatic rings. The highest BCUT2D eigenvalue weighted by Crippen LogP contribution is 2.31. The number of nitrogens with one attached hydrogen (secondary N) is 1. The van der Waals surface area contributed by atoms with Gasteiger partial charge in [-0.15, -0.1) is 0 Å². The highest BCUT2D eigenvalue weighted by molar-refractivity contribution is 6.35. The number of alkyl halides is 3. The van der Waals surface area contributed by atoms with Crippen molar-refractivity contribution in [2.24, 2.45) is 5.92 Å².